The van der Waals surface area contributed by atoms with E-state index in [2.05, 4.69) is 21.2 Å². The van der Waals surface area contributed by atoms with E-state index in [4.69, 9.17) is 4.42 Å². The Hall–Kier alpha value is -2.67. The molecule has 0 spiro atoms. The van der Waals surface area contributed by atoms with Gasteiger partial charge in [0.15, 0.2) is 0 Å². The highest BCUT2D eigenvalue weighted by Crippen LogP contribution is 2.28. The van der Waals surface area contributed by atoms with Crippen molar-refractivity contribution in [2.24, 2.45) is 0 Å². The monoisotopic (exact) mass is 428 g/mol. The number of nitrogens with one attached hydrogen (secondary N) is 1. The zero-order valence-electron chi connectivity index (χ0n) is 14.4. The highest BCUT2D eigenvalue weighted by atomic mass is 79.9. The Balaban J connectivity index is 1.62. The van der Waals surface area contributed by atoms with E-state index in [0.717, 1.165) is 35.7 Å². The number of benzene rings is 1. The standard InChI is InChI=1S/C20H17BrN2O4/c21-13-7-5-12(6-8-13)17-10-9-15(27-17)11-16-18(24)22-20(26)23(19(16)25)14-3-1-2-4-14/h5-11,14H,1-4H2,(H,22,24,26)/b16-11-. The van der Waals surface area contributed by atoms with Crippen molar-refractivity contribution in [3.8, 4) is 11.3 Å². The van der Waals surface area contributed by atoms with Gasteiger partial charge in [-0.05, 0) is 43.2 Å². The average molecular weight is 429 g/mol. The van der Waals surface area contributed by atoms with Gasteiger partial charge in [0.05, 0.1) is 0 Å². The predicted octanol–water partition coefficient (Wildman–Crippen LogP) is 4.11. The number of furan rings is 1. The molecule has 0 bridgehead atoms. The molecular formula is C20H17BrN2O4. The summed E-state index contributed by atoms with van der Waals surface area (Å²) >= 11 is 3.39. The molecule has 1 aromatic heterocycles. The second-order valence-electron chi connectivity index (χ2n) is 6.64. The van der Waals surface area contributed by atoms with Crippen LogP contribution < -0.4 is 5.32 Å². The van der Waals surface area contributed by atoms with Crippen LogP contribution in [0.15, 0.2) is 50.9 Å². The molecular weight excluding hydrogens is 412 g/mol. The molecule has 2 aliphatic rings. The van der Waals surface area contributed by atoms with Crippen molar-refractivity contribution in [3.05, 3.63) is 52.2 Å². The van der Waals surface area contributed by atoms with Gasteiger partial charge < -0.3 is 4.42 Å². The van der Waals surface area contributed by atoms with Gasteiger partial charge in [0.25, 0.3) is 11.8 Å². The Kier molecular flexibility index (Phi) is 4.70. The van der Waals surface area contributed by atoms with E-state index in [9.17, 15) is 14.4 Å². The molecule has 27 heavy (non-hydrogen) atoms. The number of carbonyl (C=O) groups is 3. The van der Waals surface area contributed by atoms with E-state index in [1.54, 1.807) is 12.1 Å². The SMILES string of the molecule is O=C1NC(=O)N(C2CCCC2)C(=O)/C1=C\c1ccc(-c2ccc(Br)cc2)o1. The Morgan fingerprint density at radius 3 is 2.44 bits per heavy atom. The number of carbonyl (C=O) groups excluding carboxylic acids is 3. The van der Waals surface area contributed by atoms with Crippen molar-refractivity contribution in [1.29, 1.82) is 0 Å². The molecule has 2 aromatic rings. The fourth-order valence-corrected chi connectivity index (χ4v) is 3.77. The van der Waals surface area contributed by atoms with Crippen LogP contribution in [0.25, 0.3) is 17.4 Å². The maximum absolute atomic E-state index is 12.8. The van der Waals surface area contributed by atoms with Gasteiger partial charge in [0, 0.05) is 16.1 Å². The molecule has 0 radical (unpaired) electrons. The molecule has 1 aliphatic carbocycles. The minimum Gasteiger partial charge on any atom is -0.457 e. The number of urea groups is 1. The second-order valence-corrected chi connectivity index (χ2v) is 7.56. The number of amides is 4. The van der Waals surface area contributed by atoms with Gasteiger partial charge in [-0.25, -0.2) is 4.79 Å². The minimum absolute atomic E-state index is 0.0850. The van der Waals surface area contributed by atoms with Gasteiger partial charge in [-0.2, -0.15) is 0 Å². The maximum atomic E-state index is 12.8. The van der Waals surface area contributed by atoms with Crippen molar-refractivity contribution >= 4 is 39.9 Å². The van der Waals surface area contributed by atoms with Crippen LogP contribution in [0.1, 0.15) is 31.4 Å². The molecule has 1 aromatic carbocycles. The lowest BCUT2D eigenvalue weighted by atomic mass is 10.1. The Morgan fingerprint density at radius 1 is 1.04 bits per heavy atom. The summed E-state index contributed by atoms with van der Waals surface area (Å²) in [6.45, 7) is 0. The molecule has 1 aliphatic heterocycles. The molecule has 4 rings (SSSR count). The first-order chi connectivity index (χ1) is 13.0. The molecule has 138 valence electrons. The van der Waals surface area contributed by atoms with Crippen LogP contribution in [-0.4, -0.2) is 28.8 Å². The molecule has 4 amide bonds. The van der Waals surface area contributed by atoms with E-state index < -0.39 is 17.8 Å². The number of halogens is 1. The van der Waals surface area contributed by atoms with Crippen LogP contribution in [0, 0.1) is 0 Å². The van der Waals surface area contributed by atoms with Crippen molar-refractivity contribution in [3.63, 3.8) is 0 Å². The van der Waals surface area contributed by atoms with Gasteiger partial charge >= 0.3 is 6.03 Å². The molecule has 0 unspecified atom stereocenters. The summed E-state index contributed by atoms with van der Waals surface area (Å²) in [4.78, 5) is 38.3. The summed E-state index contributed by atoms with van der Waals surface area (Å²) in [6.07, 6.45) is 4.89. The lowest BCUT2D eigenvalue weighted by Gasteiger charge is -2.30. The molecule has 7 heteroatoms. The third-order valence-electron chi connectivity index (χ3n) is 4.87. The third kappa shape index (κ3) is 3.47. The van der Waals surface area contributed by atoms with E-state index in [1.165, 1.54) is 11.0 Å². The van der Waals surface area contributed by atoms with Crippen LogP contribution in [0.3, 0.4) is 0 Å². The number of hydrogen-bond donors (Lipinski definition) is 1. The number of nitrogens with zero attached hydrogens (tertiary/aromatic N) is 1. The normalized spacial score (nSPS) is 19.8. The zero-order chi connectivity index (χ0) is 19.0. The highest BCUT2D eigenvalue weighted by molar-refractivity contribution is 9.10. The van der Waals surface area contributed by atoms with Gasteiger partial charge in [-0.3, -0.25) is 19.8 Å². The first-order valence-corrected chi connectivity index (χ1v) is 9.58. The van der Waals surface area contributed by atoms with Gasteiger partial charge in [0.2, 0.25) is 0 Å². The summed E-state index contributed by atoms with van der Waals surface area (Å²) in [5, 5.41) is 2.26. The van der Waals surface area contributed by atoms with Gasteiger partial charge in [-0.15, -0.1) is 0 Å². The molecule has 1 saturated heterocycles. The number of imide groups is 2. The molecule has 0 atom stereocenters. The molecule has 2 heterocycles. The first-order valence-electron chi connectivity index (χ1n) is 8.79. The van der Waals surface area contributed by atoms with Gasteiger partial charge in [0.1, 0.15) is 17.1 Å². The van der Waals surface area contributed by atoms with Crippen LogP contribution in [0.4, 0.5) is 4.79 Å². The zero-order valence-corrected chi connectivity index (χ0v) is 16.0. The largest absolute Gasteiger partial charge is 0.457 e. The second kappa shape index (κ2) is 7.15. The topological polar surface area (TPSA) is 79.6 Å². The highest BCUT2D eigenvalue weighted by Gasteiger charge is 2.40. The number of rotatable bonds is 3. The molecule has 6 nitrogen and oxygen atoms in total. The van der Waals surface area contributed by atoms with Crippen molar-refractivity contribution in [1.82, 2.24) is 10.2 Å². The summed E-state index contributed by atoms with van der Waals surface area (Å²) < 4.78 is 6.73. The summed E-state index contributed by atoms with van der Waals surface area (Å²) in [7, 11) is 0. The smallest absolute Gasteiger partial charge is 0.331 e. The van der Waals surface area contributed by atoms with Crippen LogP contribution in [0.5, 0.6) is 0 Å². The van der Waals surface area contributed by atoms with Crippen LogP contribution >= 0.6 is 15.9 Å². The van der Waals surface area contributed by atoms with Crippen molar-refractivity contribution in [2.45, 2.75) is 31.7 Å². The molecule has 1 N–H and O–H groups in total. The maximum Gasteiger partial charge on any atom is 0.331 e. The van der Waals surface area contributed by atoms with E-state index in [-0.39, 0.29) is 11.6 Å². The average Bonchev–Trinajstić information content (AvgIpc) is 3.31. The Bertz CT molecular complexity index is 939. The lowest BCUT2D eigenvalue weighted by Crippen LogP contribution is -2.57. The summed E-state index contributed by atoms with van der Waals surface area (Å²) in [5.74, 6) is -0.244. The summed E-state index contributed by atoms with van der Waals surface area (Å²) in [5.41, 5.74) is 0.795. The van der Waals surface area contributed by atoms with Gasteiger partial charge in [-0.1, -0.05) is 40.9 Å². The van der Waals surface area contributed by atoms with Crippen molar-refractivity contribution < 1.29 is 18.8 Å². The van der Waals surface area contributed by atoms with Crippen LogP contribution in [0.2, 0.25) is 0 Å². The van der Waals surface area contributed by atoms with Crippen molar-refractivity contribution in [2.75, 3.05) is 0 Å². The Morgan fingerprint density at radius 2 is 1.74 bits per heavy atom. The Labute approximate surface area is 164 Å². The fourth-order valence-electron chi connectivity index (χ4n) is 3.51. The van der Waals surface area contributed by atoms with E-state index >= 15 is 0 Å². The summed E-state index contributed by atoms with van der Waals surface area (Å²) in [6, 6.07) is 10.3. The number of hydrogen-bond acceptors (Lipinski definition) is 4. The third-order valence-corrected chi connectivity index (χ3v) is 5.39. The van der Waals surface area contributed by atoms with Crippen LogP contribution in [-0.2, 0) is 9.59 Å². The lowest BCUT2D eigenvalue weighted by molar-refractivity contribution is -0.131. The van der Waals surface area contributed by atoms with E-state index in [0.29, 0.717) is 11.5 Å². The minimum atomic E-state index is -0.694. The molecule has 2 fully saturated rings. The fraction of sp³-hybridized carbons (Fsp3) is 0.250. The molecule has 1 saturated carbocycles. The quantitative estimate of drug-likeness (QED) is 0.588. The first kappa shape index (κ1) is 17.7. The predicted molar refractivity (Wildman–Crippen MR) is 102 cm³/mol. The van der Waals surface area contributed by atoms with E-state index in [1.807, 2.05) is 24.3 Å². The number of barbiturate groups is 1.